The molecule has 0 radical (unpaired) electrons. The average molecular weight is 273 g/mol. The van der Waals surface area contributed by atoms with Gasteiger partial charge in [0.2, 0.25) is 0 Å². The number of rotatable bonds is 2. The minimum atomic E-state index is 0.0355. The standard InChI is InChI=1S/C10H13BrN2O2/c1-12-7-2-4-13(6-7)10(14)8-3-5-15-9(8)11/h3,5,7,12H,2,4,6H2,1H3. The van der Waals surface area contributed by atoms with Gasteiger partial charge in [0.25, 0.3) is 5.91 Å². The number of furan rings is 1. The quantitative estimate of drug-likeness (QED) is 0.887. The summed E-state index contributed by atoms with van der Waals surface area (Å²) in [5.74, 6) is 0.0355. The van der Waals surface area contributed by atoms with Crippen molar-refractivity contribution in [3.8, 4) is 0 Å². The number of nitrogens with one attached hydrogen (secondary N) is 1. The smallest absolute Gasteiger partial charge is 0.258 e. The number of hydrogen-bond donors (Lipinski definition) is 1. The topological polar surface area (TPSA) is 45.5 Å². The SMILES string of the molecule is CNC1CCN(C(=O)c2ccoc2Br)C1. The highest BCUT2D eigenvalue weighted by Crippen LogP contribution is 2.21. The molecule has 1 aliphatic rings. The number of hydrogen-bond acceptors (Lipinski definition) is 3. The minimum absolute atomic E-state index is 0.0355. The van der Waals surface area contributed by atoms with Crippen molar-refractivity contribution in [1.82, 2.24) is 10.2 Å². The summed E-state index contributed by atoms with van der Waals surface area (Å²) in [6.07, 6.45) is 2.53. The van der Waals surface area contributed by atoms with E-state index in [1.807, 2.05) is 11.9 Å². The number of carbonyl (C=O) groups excluding carboxylic acids is 1. The van der Waals surface area contributed by atoms with Gasteiger partial charge >= 0.3 is 0 Å². The molecule has 1 atom stereocenters. The Morgan fingerprint density at radius 2 is 2.53 bits per heavy atom. The van der Waals surface area contributed by atoms with E-state index in [0.29, 0.717) is 16.3 Å². The Labute approximate surface area is 96.7 Å². The lowest BCUT2D eigenvalue weighted by atomic mass is 10.3. The summed E-state index contributed by atoms with van der Waals surface area (Å²) < 4.78 is 5.57. The summed E-state index contributed by atoms with van der Waals surface area (Å²) in [4.78, 5) is 13.8. The van der Waals surface area contributed by atoms with Crippen LogP contribution >= 0.6 is 15.9 Å². The molecule has 4 nitrogen and oxygen atoms in total. The molecule has 0 spiro atoms. The lowest BCUT2D eigenvalue weighted by molar-refractivity contribution is 0.0787. The molecule has 1 aromatic rings. The van der Waals surface area contributed by atoms with Gasteiger partial charge in [0.1, 0.15) is 0 Å². The number of carbonyl (C=O) groups is 1. The predicted molar refractivity (Wildman–Crippen MR) is 59.8 cm³/mol. The normalized spacial score (nSPS) is 20.9. The molecule has 2 rings (SSSR count). The lowest BCUT2D eigenvalue weighted by Gasteiger charge is -2.15. The van der Waals surface area contributed by atoms with Crippen LogP contribution in [0.15, 0.2) is 21.4 Å². The fourth-order valence-corrected chi connectivity index (χ4v) is 2.21. The van der Waals surface area contributed by atoms with E-state index in [9.17, 15) is 4.79 Å². The Morgan fingerprint density at radius 1 is 1.73 bits per heavy atom. The van der Waals surface area contributed by atoms with Gasteiger partial charge in [-0.05, 0) is 35.5 Å². The minimum Gasteiger partial charge on any atom is -0.457 e. The molecule has 1 amide bonds. The van der Waals surface area contributed by atoms with Crippen LogP contribution in [0.25, 0.3) is 0 Å². The van der Waals surface area contributed by atoms with Gasteiger partial charge < -0.3 is 14.6 Å². The molecule has 0 bridgehead atoms. The van der Waals surface area contributed by atoms with Gasteiger partial charge in [-0.25, -0.2) is 0 Å². The van der Waals surface area contributed by atoms with E-state index >= 15 is 0 Å². The molecule has 1 fully saturated rings. The third kappa shape index (κ3) is 2.08. The summed E-state index contributed by atoms with van der Waals surface area (Å²) in [6.45, 7) is 1.58. The highest BCUT2D eigenvalue weighted by molar-refractivity contribution is 9.10. The molecular formula is C10H13BrN2O2. The van der Waals surface area contributed by atoms with E-state index in [-0.39, 0.29) is 5.91 Å². The molecule has 1 unspecified atom stereocenters. The van der Waals surface area contributed by atoms with Gasteiger partial charge in [-0.2, -0.15) is 0 Å². The van der Waals surface area contributed by atoms with Crippen molar-refractivity contribution in [3.63, 3.8) is 0 Å². The highest BCUT2D eigenvalue weighted by Gasteiger charge is 2.27. The van der Waals surface area contributed by atoms with Gasteiger partial charge in [-0.1, -0.05) is 0 Å². The highest BCUT2D eigenvalue weighted by atomic mass is 79.9. The monoisotopic (exact) mass is 272 g/mol. The summed E-state index contributed by atoms with van der Waals surface area (Å²) in [6, 6.07) is 2.11. The van der Waals surface area contributed by atoms with Gasteiger partial charge in [-0.3, -0.25) is 4.79 Å². The molecule has 15 heavy (non-hydrogen) atoms. The summed E-state index contributed by atoms with van der Waals surface area (Å²) in [7, 11) is 1.92. The van der Waals surface area contributed by atoms with Gasteiger partial charge in [0, 0.05) is 19.1 Å². The van der Waals surface area contributed by atoms with E-state index in [0.717, 1.165) is 19.5 Å². The van der Waals surface area contributed by atoms with Gasteiger partial charge in [0.15, 0.2) is 4.67 Å². The number of likely N-dealkylation sites (N-methyl/N-ethyl adjacent to an activating group) is 1. The van der Waals surface area contributed by atoms with Crippen molar-refractivity contribution < 1.29 is 9.21 Å². The molecule has 2 heterocycles. The van der Waals surface area contributed by atoms with Crippen LogP contribution in [0.5, 0.6) is 0 Å². The third-order valence-electron chi connectivity index (χ3n) is 2.73. The molecule has 1 aliphatic heterocycles. The molecule has 5 heteroatoms. The van der Waals surface area contributed by atoms with Crippen LogP contribution in [0.3, 0.4) is 0 Å². The first kappa shape index (κ1) is 10.7. The first-order valence-corrected chi connectivity index (χ1v) is 5.71. The van der Waals surface area contributed by atoms with E-state index in [1.54, 1.807) is 6.07 Å². The van der Waals surface area contributed by atoms with Crippen molar-refractivity contribution in [2.75, 3.05) is 20.1 Å². The van der Waals surface area contributed by atoms with E-state index < -0.39 is 0 Å². The molecule has 82 valence electrons. The van der Waals surface area contributed by atoms with Crippen molar-refractivity contribution in [1.29, 1.82) is 0 Å². The molecule has 1 N–H and O–H groups in total. The second kappa shape index (κ2) is 4.37. The largest absolute Gasteiger partial charge is 0.457 e. The molecule has 0 aromatic carbocycles. The van der Waals surface area contributed by atoms with Crippen LogP contribution in [0.1, 0.15) is 16.8 Å². The first-order valence-electron chi connectivity index (χ1n) is 4.92. The van der Waals surface area contributed by atoms with Gasteiger partial charge in [0.05, 0.1) is 11.8 Å². The number of amides is 1. The van der Waals surface area contributed by atoms with Crippen LogP contribution in [0.4, 0.5) is 0 Å². The van der Waals surface area contributed by atoms with Gasteiger partial charge in [-0.15, -0.1) is 0 Å². The number of halogens is 1. The predicted octanol–water partition coefficient (Wildman–Crippen LogP) is 1.48. The second-order valence-electron chi connectivity index (χ2n) is 3.63. The van der Waals surface area contributed by atoms with Crippen molar-refractivity contribution in [2.24, 2.45) is 0 Å². The van der Waals surface area contributed by atoms with Crippen LogP contribution in [0.2, 0.25) is 0 Å². The zero-order valence-corrected chi connectivity index (χ0v) is 10.1. The summed E-state index contributed by atoms with van der Waals surface area (Å²) in [5.41, 5.74) is 0.603. The van der Waals surface area contributed by atoms with Crippen LogP contribution < -0.4 is 5.32 Å². The second-order valence-corrected chi connectivity index (χ2v) is 4.35. The maximum absolute atomic E-state index is 12.0. The Morgan fingerprint density at radius 3 is 3.07 bits per heavy atom. The van der Waals surface area contributed by atoms with Crippen molar-refractivity contribution in [3.05, 3.63) is 22.6 Å². The summed E-state index contributed by atoms with van der Waals surface area (Å²) in [5, 5.41) is 3.18. The lowest BCUT2D eigenvalue weighted by Crippen LogP contribution is -2.33. The van der Waals surface area contributed by atoms with E-state index in [1.165, 1.54) is 6.26 Å². The third-order valence-corrected chi connectivity index (χ3v) is 3.35. The van der Waals surface area contributed by atoms with Crippen LogP contribution in [-0.2, 0) is 0 Å². The zero-order valence-electron chi connectivity index (χ0n) is 8.50. The fourth-order valence-electron chi connectivity index (χ4n) is 1.80. The Balaban J connectivity index is 2.07. The summed E-state index contributed by atoms with van der Waals surface area (Å²) >= 11 is 3.22. The molecular weight excluding hydrogens is 260 g/mol. The Hall–Kier alpha value is -0.810. The Bertz CT molecular complexity index is 364. The molecule has 1 aromatic heterocycles. The Kier molecular flexibility index (Phi) is 3.11. The molecule has 1 saturated heterocycles. The number of nitrogens with zero attached hydrogens (tertiary/aromatic N) is 1. The maximum atomic E-state index is 12.0. The van der Waals surface area contributed by atoms with E-state index in [4.69, 9.17) is 4.42 Å². The number of likely N-dealkylation sites (tertiary alicyclic amines) is 1. The molecule has 0 aliphatic carbocycles. The van der Waals surface area contributed by atoms with E-state index in [2.05, 4.69) is 21.2 Å². The molecule has 0 saturated carbocycles. The van der Waals surface area contributed by atoms with Crippen LogP contribution in [0, 0.1) is 0 Å². The van der Waals surface area contributed by atoms with Crippen LogP contribution in [-0.4, -0.2) is 37.0 Å². The average Bonchev–Trinajstić information content (AvgIpc) is 2.84. The fraction of sp³-hybridized carbons (Fsp3) is 0.500. The maximum Gasteiger partial charge on any atom is 0.258 e. The van der Waals surface area contributed by atoms with Crippen molar-refractivity contribution >= 4 is 21.8 Å². The zero-order chi connectivity index (χ0) is 10.8. The van der Waals surface area contributed by atoms with Crippen molar-refractivity contribution in [2.45, 2.75) is 12.5 Å². The first-order chi connectivity index (χ1) is 7.22.